The van der Waals surface area contributed by atoms with E-state index in [0.29, 0.717) is 12.0 Å². The van der Waals surface area contributed by atoms with Crippen LogP contribution in [0.4, 0.5) is 0 Å². The molecule has 0 amide bonds. The highest BCUT2D eigenvalue weighted by Gasteiger charge is 2.27. The molecule has 0 heterocycles. The summed E-state index contributed by atoms with van der Waals surface area (Å²) < 4.78 is 0. The fraction of sp³-hybridized carbons (Fsp3) is 0.600. The number of hydrogen-bond acceptors (Lipinski definition) is 2. The van der Waals surface area contributed by atoms with E-state index in [-0.39, 0.29) is 6.10 Å². The van der Waals surface area contributed by atoms with Gasteiger partial charge in [0.05, 0.1) is 6.10 Å². The summed E-state index contributed by atoms with van der Waals surface area (Å²) in [7, 11) is 0. The van der Waals surface area contributed by atoms with E-state index in [1.165, 1.54) is 5.56 Å². The average Bonchev–Trinajstić information content (AvgIpc) is 2.32. The van der Waals surface area contributed by atoms with Crippen LogP contribution in [0.15, 0.2) is 30.3 Å². The molecule has 1 saturated carbocycles. The molecule has 2 rings (SSSR count). The molecule has 1 aromatic rings. The predicted octanol–water partition coefficient (Wildman–Crippen LogP) is 2.37. The van der Waals surface area contributed by atoms with Gasteiger partial charge in [0.1, 0.15) is 0 Å². The van der Waals surface area contributed by atoms with Crippen molar-refractivity contribution in [2.45, 2.75) is 44.8 Å². The highest BCUT2D eigenvalue weighted by molar-refractivity contribution is 5.15. The van der Waals surface area contributed by atoms with Gasteiger partial charge in [-0.3, -0.25) is 0 Å². The average molecular weight is 233 g/mol. The molecule has 0 spiro atoms. The van der Waals surface area contributed by atoms with E-state index in [9.17, 15) is 5.11 Å². The lowest BCUT2D eigenvalue weighted by molar-refractivity contribution is 0.0418. The van der Waals surface area contributed by atoms with Crippen molar-refractivity contribution >= 4 is 0 Å². The van der Waals surface area contributed by atoms with Crippen molar-refractivity contribution in [1.29, 1.82) is 0 Å². The number of aliphatic hydroxyl groups excluding tert-OH is 1. The van der Waals surface area contributed by atoms with Crippen LogP contribution in [0.1, 0.15) is 31.7 Å². The van der Waals surface area contributed by atoms with Gasteiger partial charge >= 0.3 is 0 Å². The highest BCUT2D eigenvalue weighted by atomic mass is 16.3. The molecule has 1 fully saturated rings. The van der Waals surface area contributed by atoms with Crippen molar-refractivity contribution in [3.8, 4) is 0 Å². The van der Waals surface area contributed by atoms with E-state index in [2.05, 4.69) is 42.6 Å². The lowest BCUT2D eigenvalue weighted by atomic mass is 9.82. The van der Waals surface area contributed by atoms with Gasteiger partial charge in [-0.1, -0.05) is 37.3 Å². The van der Waals surface area contributed by atoms with Crippen molar-refractivity contribution < 1.29 is 5.11 Å². The van der Waals surface area contributed by atoms with Crippen molar-refractivity contribution in [3.05, 3.63) is 35.9 Å². The molecule has 94 valence electrons. The molecule has 0 saturated heterocycles. The maximum atomic E-state index is 9.25. The summed E-state index contributed by atoms with van der Waals surface area (Å²) in [5, 5.41) is 12.9. The SMILES string of the molecule is CCC(Cc1ccccc1)NCC1CC(O)C1. The molecule has 0 radical (unpaired) electrons. The number of nitrogens with one attached hydrogen (secondary N) is 1. The summed E-state index contributed by atoms with van der Waals surface area (Å²) in [5.74, 6) is 0.690. The van der Waals surface area contributed by atoms with Crippen LogP contribution in [0, 0.1) is 5.92 Å². The van der Waals surface area contributed by atoms with E-state index in [1.54, 1.807) is 0 Å². The zero-order valence-corrected chi connectivity index (χ0v) is 10.6. The lowest BCUT2D eigenvalue weighted by Crippen LogP contribution is -2.40. The smallest absolute Gasteiger partial charge is 0.0546 e. The van der Waals surface area contributed by atoms with Gasteiger partial charge < -0.3 is 10.4 Å². The minimum Gasteiger partial charge on any atom is -0.393 e. The molecule has 0 aliphatic heterocycles. The van der Waals surface area contributed by atoms with Gasteiger partial charge in [-0.2, -0.15) is 0 Å². The molecule has 0 bridgehead atoms. The Bertz CT molecular complexity index is 319. The van der Waals surface area contributed by atoms with Crippen molar-refractivity contribution in [1.82, 2.24) is 5.32 Å². The Labute approximate surface area is 104 Å². The van der Waals surface area contributed by atoms with Crippen LogP contribution in [-0.2, 0) is 6.42 Å². The summed E-state index contributed by atoms with van der Waals surface area (Å²) in [4.78, 5) is 0. The topological polar surface area (TPSA) is 32.3 Å². The first kappa shape index (κ1) is 12.6. The first-order valence-corrected chi connectivity index (χ1v) is 6.73. The molecule has 1 unspecified atom stereocenters. The largest absolute Gasteiger partial charge is 0.393 e. The Kier molecular flexibility index (Phi) is 4.57. The van der Waals surface area contributed by atoms with Crippen LogP contribution in [0.25, 0.3) is 0 Å². The molecule has 1 aliphatic carbocycles. The Morgan fingerprint density at radius 3 is 2.59 bits per heavy atom. The Morgan fingerprint density at radius 2 is 2.00 bits per heavy atom. The molecule has 0 aromatic heterocycles. The fourth-order valence-corrected chi connectivity index (χ4v) is 2.46. The Balaban J connectivity index is 1.73. The van der Waals surface area contributed by atoms with Crippen molar-refractivity contribution in [3.63, 3.8) is 0 Å². The quantitative estimate of drug-likeness (QED) is 0.790. The summed E-state index contributed by atoms with van der Waals surface area (Å²) in [6.45, 7) is 3.29. The Hall–Kier alpha value is -0.860. The monoisotopic (exact) mass is 233 g/mol. The number of aliphatic hydroxyl groups is 1. The molecule has 1 atom stereocenters. The molecular formula is C15H23NO. The summed E-state index contributed by atoms with van der Waals surface area (Å²) in [5.41, 5.74) is 1.40. The third-order valence-electron chi connectivity index (χ3n) is 3.72. The third-order valence-corrected chi connectivity index (χ3v) is 3.72. The predicted molar refractivity (Wildman–Crippen MR) is 71.0 cm³/mol. The number of rotatable bonds is 6. The minimum absolute atomic E-state index is 0.0315. The minimum atomic E-state index is -0.0315. The van der Waals surface area contributed by atoms with Gasteiger partial charge in [-0.15, -0.1) is 0 Å². The number of benzene rings is 1. The summed E-state index contributed by atoms with van der Waals surface area (Å²) in [6.07, 6.45) is 4.19. The molecule has 1 aromatic carbocycles. The fourth-order valence-electron chi connectivity index (χ4n) is 2.46. The second-order valence-electron chi connectivity index (χ2n) is 5.19. The first-order valence-electron chi connectivity index (χ1n) is 6.73. The molecule has 2 nitrogen and oxygen atoms in total. The molecular weight excluding hydrogens is 210 g/mol. The normalized spacial score (nSPS) is 25.3. The molecule has 2 heteroatoms. The van der Waals surface area contributed by atoms with Crippen LogP contribution in [0.2, 0.25) is 0 Å². The first-order chi connectivity index (χ1) is 8.28. The van der Waals surface area contributed by atoms with Gasteiger partial charge in [0.25, 0.3) is 0 Å². The van der Waals surface area contributed by atoms with E-state index in [1.807, 2.05) is 0 Å². The van der Waals surface area contributed by atoms with Crippen molar-refractivity contribution in [2.24, 2.45) is 5.92 Å². The zero-order valence-electron chi connectivity index (χ0n) is 10.6. The van der Waals surface area contributed by atoms with Gasteiger partial charge in [-0.25, -0.2) is 0 Å². The zero-order chi connectivity index (χ0) is 12.1. The van der Waals surface area contributed by atoms with Gasteiger partial charge in [0.15, 0.2) is 0 Å². The Morgan fingerprint density at radius 1 is 1.29 bits per heavy atom. The third kappa shape index (κ3) is 3.83. The van der Waals surface area contributed by atoms with Crippen molar-refractivity contribution in [2.75, 3.05) is 6.54 Å². The van der Waals surface area contributed by atoms with Crippen LogP contribution >= 0.6 is 0 Å². The second-order valence-corrected chi connectivity index (χ2v) is 5.19. The van der Waals surface area contributed by atoms with Crippen LogP contribution in [0.5, 0.6) is 0 Å². The summed E-state index contributed by atoms with van der Waals surface area (Å²) >= 11 is 0. The van der Waals surface area contributed by atoms with Crippen LogP contribution < -0.4 is 5.32 Å². The van der Waals surface area contributed by atoms with E-state index in [4.69, 9.17) is 0 Å². The van der Waals surface area contributed by atoms with E-state index >= 15 is 0 Å². The molecule has 17 heavy (non-hydrogen) atoms. The van der Waals surface area contributed by atoms with Gasteiger partial charge in [0.2, 0.25) is 0 Å². The lowest BCUT2D eigenvalue weighted by Gasteiger charge is -2.33. The maximum Gasteiger partial charge on any atom is 0.0546 e. The molecule has 1 aliphatic rings. The summed E-state index contributed by atoms with van der Waals surface area (Å²) in [6, 6.07) is 11.2. The van der Waals surface area contributed by atoms with E-state index in [0.717, 1.165) is 32.2 Å². The van der Waals surface area contributed by atoms with Gasteiger partial charge in [0, 0.05) is 6.04 Å². The van der Waals surface area contributed by atoms with Gasteiger partial charge in [-0.05, 0) is 43.7 Å². The van der Waals surface area contributed by atoms with E-state index < -0.39 is 0 Å². The van der Waals surface area contributed by atoms with Crippen LogP contribution in [0.3, 0.4) is 0 Å². The van der Waals surface area contributed by atoms with Crippen LogP contribution in [-0.4, -0.2) is 23.8 Å². The second kappa shape index (κ2) is 6.18. The molecule has 2 N–H and O–H groups in total. The number of hydrogen-bond donors (Lipinski definition) is 2. The highest BCUT2D eigenvalue weighted by Crippen LogP contribution is 2.26. The standard InChI is InChI=1S/C15H23NO/c1-2-14(8-12-6-4-3-5-7-12)16-11-13-9-15(17)10-13/h3-7,13-17H,2,8-11H2,1H3. The maximum absolute atomic E-state index is 9.25.